The third-order valence-corrected chi connectivity index (χ3v) is 3.54. The molecular weight excluding hydrogens is 340 g/mol. The molecule has 5 heteroatoms. The highest BCUT2D eigenvalue weighted by atomic mass is 79.9. The lowest BCUT2D eigenvalue weighted by molar-refractivity contribution is 0.0694. The lowest BCUT2D eigenvalue weighted by atomic mass is 10.1. The van der Waals surface area contributed by atoms with Crippen LogP contribution < -0.4 is 0 Å². The topological polar surface area (TPSA) is 57.5 Å². The smallest absolute Gasteiger partial charge is 0.339 e. The summed E-state index contributed by atoms with van der Waals surface area (Å²) in [6.07, 6.45) is 0. The molecule has 0 spiro atoms. The molecule has 0 unspecified atom stereocenters. The van der Waals surface area contributed by atoms with Gasteiger partial charge in [-0.05, 0) is 44.9 Å². The molecule has 0 aliphatic rings. The van der Waals surface area contributed by atoms with Crippen molar-refractivity contribution in [2.24, 2.45) is 0 Å². The van der Waals surface area contributed by atoms with E-state index in [1.807, 2.05) is 6.07 Å². The molecule has 0 aliphatic carbocycles. The maximum absolute atomic E-state index is 10.9. The Morgan fingerprint density at radius 1 is 1.19 bits per heavy atom. The maximum atomic E-state index is 10.9. The molecule has 0 aromatic heterocycles. The van der Waals surface area contributed by atoms with Gasteiger partial charge in [0.25, 0.3) is 0 Å². The van der Waals surface area contributed by atoms with Gasteiger partial charge < -0.3 is 10.2 Å². The summed E-state index contributed by atoms with van der Waals surface area (Å²) >= 11 is 6.51. The second-order valence-corrected chi connectivity index (χ2v) is 4.97. The molecule has 16 heavy (non-hydrogen) atoms. The van der Waals surface area contributed by atoms with Crippen molar-refractivity contribution in [3.63, 3.8) is 0 Å². The van der Waals surface area contributed by atoms with Crippen LogP contribution in [0.5, 0.6) is 5.75 Å². The zero-order chi connectivity index (χ0) is 11.9. The van der Waals surface area contributed by atoms with E-state index in [0.717, 1.165) is 15.2 Å². The fourth-order valence-electron chi connectivity index (χ4n) is 1.49. The molecule has 0 fully saturated rings. The van der Waals surface area contributed by atoms with Crippen LogP contribution in [-0.2, 0) is 0 Å². The fourth-order valence-corrected chi connectivity index (χ4v) is 2.44. The van der Waals surface area contributed by atoms with Gasteiger partial charge in [0.15, 0.2) is 0 Å². The average Bonchev–Trinajstić information content (AvgIpc) is 2.22. The van der Waals surface area contributed by atoms with Crippen LogP contribution in [-0.4, -0.2) is 16.2 Å². The van der Waals surface area contributed by atoms with Gasteiger partial charge in [-0.1, -0.05) is 22.0 Å². The Morgan fingerprint density at radius 2 is 1.88 bits per heavy atom. The molecule has 0 heterocycles. The number of phenols is 1. The Balaban J connectivity index is 2.88. The standard InChI is InChI=1S/C11H6Br2O3/c12-6-1-2-7-5(3-6)4-8(11(15)16)10(14)9(7)13/h1-4,14H,(H,15,16). The summed E-state index contributed by atoms with van der Waals surface area (Å²) in [5.41, 5.74) is -0.113. The van der Waals surface area contributed by atoms with Gasteiger partial charge in [-0.2, -0.15) is 0 Å². The van der Waals surface area contributed by atoms with Crippen molar-refractivity contribution in [2.45, 2.75) is 0 Å². The lowest BCUT2D eigenvalue weighted by Crippen LogP contribution is -1.97. The van der Waals surface area contributed by atoms with Gasteiger partial charge in [0.1, 0.15) is 11.3 Å². The van der Waals surface area contributed by atoms with Gasteiger partial charge in [-0.25, -0.2) is 4.79 Å². The molecule has 0 radical (unpaired) electrons. The third-order valence-electron chi connectivity index (χ3n) is 2.24. The summed E-state index contributed by atoms with van der Waals surface area (Å²) in [5, 5.41) is 20.1. The van der Waals surface area contributed by atoms with E-state index in [1.54, 1.807) is 12.1 Å². The van der Waals surface area contributed by atoms with Crippen molar-refractivity contribution in [3.8, 4) is 5.75 Å². The molecule has 0 atom stereocenters. The predicted octanol–water partition coefficient (Wildman–Crippen LogP) is 3.77. The van der Waals surface area contributed by atoms with E-state index < -0.39 is 5.97 Å². The summed E-state index contributed by atoms with van der Waals surface area (Å²) in [4.78, 5) is 10.9. The normalized spacial score (nSPS) is 10.6. The fraction of sp³-hybridized carbons (Fsp3) is 0. The number of aromatic carboxylic acids is 1. The molecular formula is C11H6Br2O3. The molecule has 0 saturated carbocycles. The van der Waals surface area contributed by atoms with Crippen LogP contribution in [0.1, 0.15) is 10.4 Å². The van der Waals surface area contributed by atoms with E-state index in [0.29, 0.717) is 4.47 Å². The molecule has 0 amide bonds. The number of hydrogen-bond donors (Lipinski definition) is 2. The number of carboxylic acid groups (broad SMARTS) is 1. The van der Waals surface area contributed by atoms with E-state index in [2.05, 4.69) is 31.9 Å². The Morgan fingerprint density at radius 3 is 2.50 bits per heavy atom. The molecule has 2 aromatic rings. The summed E-state index contributed by atoms with van der Waals surface area (Å²) in [6, 6.07) is 6.87. The van der Waals surface area contributed by atoms with E-state index in [9.17, 15) is 9.90 Å². The largest absolute Gasteiger partial charge is 0.506 e. The molecule has 0 saturated heterocycles. The maximum Gasteiger partial charge on any atom is 0.339 e. The highest BCUT2D eigenvalue weighted by Crippen LogP contribution is 2.36. The highest BCUT2D eigenvalue weighted by molar-refractivity contribution is 9.11. The quantitative estimate of drug-likeness (QED) is 0.827. The molecule has 82 valence electrons. The third kappa shape index (κ3) is 1.81. The van der Waals surface area contributed by atoms with Crippen molar-refractivity contribution >= 4 is 48.6 Å². The second-order valence-electron chi connectivity index (χ2n) is 3.26. The van der Waals surface area contributed by atoms with Crippen LogP contribution in [0.15, 0.2) is 33.2 Å². The number of benzene rings is 2. The minimum absolute atomic E-state index is 0.113. The van der Waals surface area contributed by atoms with E-state index >= 15 is 0 Å². The van der Waals surface area contributed by atoms with Crippen LogP contribution in [0.2, 0.25) is 0 Å². The van der Waals surface area contributed by atoms with Crippen LogP contribution in [0.25, 0.3) is 10.8 Å². The predicted molar refractivity (Wildman–Crippen MR) is 68.0 cm³/mol. The summed E-state index contributed by atoms with van der Waals surface area (Å²) in [6.45, 7) is 0. The van der Waals surface area contributed by atoms with Crippen molar-refractivity contribution in [3.05, 3.63) is 38.8 Å². The van der Waals surface area contributed by atoms with Gasteiger partial charge in [-0.15, -0.1) is 0 Å². The number of halogens is 2. The van der Waals surface area contributed by atoms with Crippen LogP contribution in [0.4, 0.5) is 0 Å². The zero-order valence-electron chi connectivity index (χ0n) is 7.87. The molecule has 2 aromatic carbocycles. The number of aromatic hydroxyl groups is 1. The summed E-state index contributed by atoms with van der Waals surface area (Å²) in [5.74, 6) is -1.40. The molecule has 2 rings (SSSR count). The minimum atomic E-state index is -1.15. The van der Waals surface area contributed by atoms with Crippen molar-refractivity contribution in [1.29, 1.82) is 0 Å². The van der Waals surface area contributed by atoms with E-state index in [1.165, 1.54) is 6.07 Å². The van der Waals surface area contributed by atoms with Crippen molar-refractivity contribution in [1.82, 2.24) is 0 Å². The number of carboxylic acids is 1. The molecule has 0 bridgehead atoms. The van der Waals surface area contributed by atoms with E-state index in [-0.39, 0.29) is 11.3 Å². The lowest BCUT2D eigenvalue weighted by Gasteiger charge is -2.07. The monoisotopic (exact) mass is 344 g/mol. The average molecular weight is 346 g/mol. The molecule has 2 N–H and O–H groups in total. The Bertz CT molecular complexity index is 593. The van der Waals surface area contributed by atoms with Gasteiger partial charge in [0.05, 0.1) is 4.47 Å². The Kier molecular flexibility index (Phi) is 2.90. The summed E-state index contributed by atoms with van der Waals surface area (Å²) < 4.78 is 1.25. The van der Waals surface area contributed by atoms with Crippen LogP contribution in [0.3, 0.4) is 0 Å². The van der Waals surface area contributed by atoms with E-state index in [4.69, 9.17) is 5.11 Å². The highest BCUT2D eigenvalue weighted by Gasteiger charge is 2.15. The number of hydrogen-bond acceptors (Lipinski definition) is 2. The van der Waals surface area contributed by atoms with Gasteiger partial charge in [0, 0.05) is 4.47 Å². The first kappa shape index (κ1) is 11.4. The Hall–Kier alpha value is -1.07. The number of rotatable bonds is 1. The summed E-state index contributed by atoms with van der Waals surface area (Å²) in [7, 11) is 0. The SMILES string of the molecule is O=C(O)c1cc2cc(Br)ccc2c(Br)c1O. The van der Waals surface area contributed by atoms with Crippen LogP contribution in [0, 0.1) is 0 Å². The van der Waals surface area contributed by atoms with Crippen molar-refractivity contribution < 1.29 is 15.0 Å². The molecule has 0 aliphatic heterocycles. The zero-order valence-corrected chi connectivity index (χ0v) is 11.0. The van der Waals surface area contributed by atoms with Gasteiger partial charge in [0.2, 0.25) is 0 Å². The Labute approximate surface area is 108 Å². The van der Waals surface area contributed by atoms with Gasteiger partial charge >= 0.3 is 5.97 Å². The van der Waals surface area contributed by atoms with Gasteiger partial charge in [-0.3, -0.25) is 0 Å². The first-order chi connectivity index (χ1) is 7.50. The first-order valence-electron chi connectivity index (χ1n) is 4.34. The first-order valence-corrected chi connectivity index (χ1v) is 5.93. The minimum Gasteiger partial charge on any atom is -0.506 e. The number of fused-ring (bicyclic) bond motifs is 1. The number of carbonyl (C=O) groups is 1. The second kappa shape index (κ2) is 4.07. The van der Waals surface area contributed by atoms with Crippen molar-refractivity contribution in [2.75, 3.05) is 0 Å². The van der Waals surface area contributed by atoms with Crippen LogP contribution >= 0.6 is 31.9 Å². The molecule has 3 nitrogen and oxygen atoms in total.